The first-order valence-corrected chi connectivity index (χ1v) is 8.62. The van der Waals surface area contributed by atoms with Crippen molar-refractivity contribution in [1.82, 2.24) is 15.0 Å². The minimum Gasteiger partial charge on any atom is -0.492 e. The average molecular weight is 367 g/mol. The maximum Gasteiger partial charge on any atom is 0.189 e. The molecule has 0 unspecified atom stereocenters. The molecule has 0 N–H and O–H groups in total. The Morgan fingerprint density at radius 1 is 1.43 bits per heavy atom. The Morgan fingerprint density at radius 3 is 3.00 bits per heavy atom. The van der Waals surface area contributed by atoms with Crippen molar-refractivity contribution < 1.29 is 4.74 Å². The monoisotopic (exact) mass is 366 g/mol. The van der Waals surface area contributed by atoms with E-state index in [1.807, 2.05) is 24.6 Å². The quantitative estimate of drug-likeness (QED) is 0.598. The smallest absolute Gasteiger partial charge is 0.189 e. The number of halogens is 1. The summed E-state index contributed by atoms with van der Waals surface area (Å²) in [5.41, 5.74) is 0. The summed E-state index contributed by atoms with van der Waals surface area (Å²) >= 11 is 5.07. The van der Waals surface area contributed by atoms with E-state index < -0.39 is 0 Å². The lowest BCUT2D eigenvalue weighted by Gasteiger charge is -2.40. The highest BCUT2D eigenvalue weighted by Gasteiger charge is 2.30. The highest BCUT2D eigenvalue weighted by molar-refractivity contribution is 9.10. The molecule has 0 atom stereocenters. The summed E-state index contributed by atoms with van der Waals surface area (Å²) in [6.07, 6.45) is 7.28. The van der Waals surface area contributed by atoms with E-state index in [0.29, 0.717) is 12.5 Å². The van der Waals surface area contributed by atoms with E-state index >= 15 is 0 Å². The summed E-state index contributed by atoms with van der Waals surface area (Å²) in [4.78, 5) is 15.1. The third kappa shape index (κ3) is 3.47. The Kier molecular flexibility index (Phi) is 4.60. The van der Waals surface area contributed by atoms with E-state index in [2.05, 4.69) is 35.8 Å². The molecule has 21 heavy (non-hydrogen) atoms. The van der Waals surface area contributed by atoms with Crippen molar-refractivity contribution in [2.45, 2.75) is 5.16 Å². The van der Waals surface area contributed by atoms with Gasteiger partial charge in [0.15, 0.2) is 5.16 Å². The zero-order valence-electron chi connectivity index (χ0n) is 11.6. The van der Waals surface area contributed by atoms with E-state index in [9.17, 15) is 0 Å². The summed E-state index contributed by atoms with van der Waals surface area (Å²) in [7, 11) is 0. The molecule has 1 fully saturated rings. The highest BCUT2D eigenvalue weighted by atomic mass is 79.9. The largest absolute Gasteiger partial charge is 0.492 e. The van der Waals surface area contributed by atoms with Crippen LogP contribution in [0.25, 0.3) is 0 Å². The lowest BCUT2D eigenvalue weighted by atomic mass is 10.0. The van der Waals surface area contributed by atoms with Crippen LogP contribution in [-0.2, 0) is 0 Å². The van der Waals surface area contributed by atoms with Crippen LogP contribution in [0.2, 0.25) is 0 Å². The summed E-state index contributed by atoms with van der Waals surface area (Å²) in [5.74, 6) is 2.31. The molecule has 0 radical (unpaired) electrons. The van der Waals surface area contributed by atoms with Gasteiger partial charge in [-0.05, 0) is 34.3 Å². The minimum atomic E-state index is 0.518. The Bertz CT molecular complexity index is 607. The molecule has 0 amide bonds. The maximum absolute atomic E-state index is 5.73. The molecule has 0 saturated carbocycles. The normalized spacial score (nSPS) is 14.9. The molecule has 2 aromatic rings. The number of rotatable bonds is 5. The maximum atomic E-state index is 5.73. The van der Waals surface area contributed by atoms with Crippen LogP contribution in [-0.4, -0.2) is 40.9 Å². The summed E-state index contributed by atoms with van der Waals surface area (Å²) in [5, 5.41) is 0.795. The van der Waals surface area contributed by atoms with E-state index in [4.69, 9.17) is 4.74 Å². The molecule has 7 heteroatoms. The van der Waals surface area contributed by atoms with E-state index in [1.54, 1.807) is 24.2 Å². The minimum absolute atomic E-state index is 0.518. The van der Waals surface area contributed by atoms with Gasteiger partial charge in [0, 0.05) is 31.4 Å². The molecule has 5 nitrogen and oxygen atoms in total. The van der Waals surface area contributed by atoms with Crippen molar-refractivity contribution in [2.24, 2.45) is 5.92 Å². The zero-order chi connectivity index (χ0) is 14.7. The van der Waals surface area contributed by atoms with E-state index in [0.717, 1.165) is 34.3 Å². The molecule has 1 aliphatic heterocycles. The molecule has 2 aromatic heterocycles. The van der Waals surface area contributed by atoms with Crippen LogP contribution < -0.4 is 9.64 Å². The van der Waals surface area contributed by atoms with Gasteiger partial charge in [-0.2, -0.15) is 0 Å². The standard InChI is InChI=1S/C14H15BrN4OS/c1-21-14-17-6-12(15)13(18-14)19-7-10(8-19)9-20-11-3-2-4-16-5-11/h2-6,10H,7-9H2,1H3. The first-order chi connectivity index (χ1) is 10.3. The van der Waals surface area contributed by atoms with Crippen LogP contribution in [0.1, 0.15) is 0 Å². The van der Waals surface area contributed by atoms with Crippen LogP contribution in [0.5, 0.6) is 5.75 Å². The van der Waals surface area contributed by atoms with Crippen LogP contribution in [0.3, 0.4) is 0 Å². The van der Waals surface area contributed by atoms with Gasteiger partial charge in [0.1, 0.15) is 11.6 Å². The van der Waals surface area contributed by atoms with Crippen LogP contribution >= 0.6 is 27.7 Å². The second kappa shape index (κ2) is 6.62. The van der Waals surface area contributed by atoms with Crippen molar-refractivity contribution in [2.75, 3.05) is 30.9 Å². The van der Waals surface area contributed by atoms with Crippen molar-refractivity contribution in [1.29, 1.82) is 0 Å². The number of anilines is 1. The van der Waals surface area contributed by atoms with E-state index in [1.165, 1.54) is 0 Å². The van der Waals surface area contributed by atoms with Gasteiger partial charge in [-0.3, -0.25) is 4.98 Å². The van der Waals surface area contributed by atoms with Crippen molar-refractivity contribution >= 4 is 33.5 Å². The van der Waals surface area contributed by atoms with E-state index in [-0.39, 0.29) is 0 Å². The Balaban J connectivity index is 1.54. The van der Waals surface area contributed by atoms with Crippen LogP contribution in [0.4, 0.5) is 5.82 Å². The molecule has 1 saturated heterocycles. The van der Waals surface area contributed by atoms with Gasteiger partial charge in [0.05, 0.1) is 17.3 Å². The number of hydrogen-bond acceptors (Lipinski definition) is 6. The van der Waals surface area contributed by atoms with Gasteiger partial charge < -0.3 is 9.64 Å². The summed E-state index contributed by atoms with van der Waals surface area (Å²) in [6.45, 7) is 2.60. The van der Waals surface area contributed by atoms with Gasteiger partial charge in [-0.25, -0.2) is 9.97 Å². The number of pyridine rings is 1. The fraction of sp³-hybridized carbons (Fsp3) is 0.357. The third-order valence-electron chi connectivity index (χ3n) is 3.26. The molecule has 3 rings (SSSR count). The van der Waals surface area contributed by atoms with Crippen molar-refractivity contribution in [3.63, 3.8) is 0 Å². The van der Waals surface area contributed by atoms with Gasteiger partial charge in [-0.15, -0.1) is 0 Å². The van der Waals surface area contributed by atoms with Crippen molar-refractivity contribution in [3.8, 4) is 5.75 Å². The Hall–Kier alpha value is -1.34. The number of nitrogens with zero attached hydrogens (tertiary/aromatic N) is 4. The molecule has 3 heterocycles. The molecule has 0 aromatic carbocycles. The predicted octanol–water partition coefficient (Wildman–Crippen LogP) is 2.87. The fourth-order valence-electron chi connectivity index (χ4n) is 2.16. The molecule has 0 aliphatic carbocycles. The Morgan fingerprint density at radius 2 is 2.29 bits per heavy atom. The van der Waals surface area contributed by atoms with Gasteiger partial charge >= 0.3 is 0 Å². The number of ether oxygens (including phenoxy) is 1. The SMILES string of the molecule is CSc1ncc(Br)c(N2CC(COc3cccnc3)C2)n1. The second-order valence-electron chi connectivity index (χ2n) is 4.80. The average Bonchev–Trinajstić information content (AvgIpc) is 2.48. The van der Waals surface area contributed by atoms with Crippen LogP contribution in [0.15, 0.2) is 40.4 Å². The van der Waals surface area contributed by atoms with Gasteiger partial charge in [0.25, 0.3) is 0 Å². The van der Waals surface area contributed by atoms with Gasteiger partial charge in [-0.1, -0.05) is 11.8 Å². The molecule has 0 bridgehead atoms. The zero-order valence-corrected chi connectivity index (χ0v) is 14.0. The predicted molar refractivity (Wildman–Crippen MR) is 86.9 cm³/mol. The fourth-order valence-corrected chi connectivity index (χ4v) is 2.94. The lowest BCUT2D eigenvalue weighted by molar-refractivity contribution is 0.219. The Labute approximate surface area is 136 Å². The number of thioether (sulfide) groups is 1. The second-order valence-corrected chi connectivity index (χ2v) is 6.43. The summed E-state index contributed by atoms with van der Waals surface area (Å²) < 4.78 is 6.67. The van der Waals surface area contributed by atoms with Crippen molar-refractivity contribution in [3.05, 3.63) is 35.2 Å². The van der Waals surface area contributed by atoms with Crippen LogP contribution in [0, 0.1) is 5.92 Å². The summed E-state index contributed by atoms with van der Waals surface area (Å²) in [6, 6.07) is 3.81. The molecule has 1 aliphatic rings. The topological polar surface area (TPSA) is 51.1 Å². The molecule has 110 valence electrons. The molecule has 0 spiro atoms. The highest BCUT2D eigenvalue weighted by Crippen LogP contribution is 2.30. The molecular formula is C14H15BrN4OS. The third-order valence-corrected chi connectivity index (χ3v) is 4.38. The molecular weight excluding hydrogens is 352 g/mol. The first kappa shape index (κ1) is 14.6. The number of hydrogen-bond donors (Lipinski definition) is 0. The van der Waals surface area contributed by atoms with Gasteiger partial charge in [0.2, 0.25) is 0 Å². The lowest BCUT2D eigenvalue weighted by Crippen LogP contribution is -2.49. The first-order valence-electron chi connectivity index (χ1n) is 6.60. The number of aromatic nitrogens is 3.